The van der Waals surface area contributed by atoms with Gasteiger partial charge in [-0.25, -0.2) is 0 Å². The van der Waals surface area contributed by atoms with Crippen molar-refractivity contribution in [1.82, 2.24) is 4.90 Å². The molecule has 0 heterocycles. The minimum absolute atomic E-state index is 0.00164. The number of rotatable bonds is 9. The molecule has 0 aliphatic rings. The predicted octanol–water partition coefficient (Wildman–Crippen LogP) is 2.16. The van der Waals surface area contributed by atoms with Crippen LogP contribution < -0.4 is 10.2 Å². The Hall–Kier alpha value is -1.92. The smallest absolute Gasteiger partial charge is 0.307 e. The van der Waals surface area contributed by atoms with Gasteiger partial charge in [-0.05, 0) is 37.9 Å². The summed E-state index contributed by atoms with van der Waals surface area (Å²) in [6, 6.07) is 13.4. The van der Waals surface area contributed by atoms with Crippen molar-refractivity contribution < 1.29 is 14.6 Å². The van der Waals surface area contributed by atoms with Gasteiger partial charge in [0.1, 0.15) is 19.3 Å². The van der Waals surface area contributed by atoms with E-state index in [2.05, 4.69) is 32.9 Å². The molecule has 0 spiro atoms. The van der Waals surface area contributed by atoms with Crippen LogP contribution in [-0.4, -0.2) is 50.2 Å². The zero-order valence-corrected chi connectivity index (χ0v) is 15.8. The molecule has 2 rings (SSSR count). The van der Waals surface area contributed by atoms with Crippen LogP contribution in [0, 0.1) is 0 Å². The standard InChI is InChI=1S/C19H24BNO3S/c1-21(2)8-9-25-13-15-12-16(20)6-7-18(15)24-17-5-3-4-14(10-17)11-19(22)23/h3-7,10,12H,8-9,11,13,20H2,1-2H3,(H,22,23). The number of thioether (sulfide) groups is 1. The maximum atomic E-state index is 10.9. The molecule has 0 radical (unpaired) electrons. The Morgan fingerprint density at radius 2 is 2.04 bits per heavy atom. The molecule has 0 aromatic heterocycles. The summed E-state index contributed by atoms with van der Waals surface area (Å²) in [6.45, 7) is 1.05. The largest absolute Gasteiger partial charge is 0.481 e. The van der Waals surface area contributed by atoms with Crippen LogP contribution in [0.4, 0.5) is 0 Å². The fourth-order valence-corrected chi connectivity index (χ4v) is 3.45. The fraction of sp³-hybridized carbons (Fsp3) is 0.316. The van der Waals surface area contributed by atoms with Crippen molar-refractivity contribution in [3.8, 4) is 11.5 Å². The number of hydrogen-bond donors (Lipinski definition) is 1. The average molecular weight is 357 g/mol. The number of hydrogen-bond acceptors (Lipinski definition) is 4. The molecular weight excluding hydrogens is 333 g/mol. The molecule has 132 valence electrons. The minimum Gasteiger partial charge on any atom is -0.481 e. The van der Waals surface area contributed by atoms with Crippen LogP contribution in [0.3, 0.4) is 0 Å². The molecule has 0 aliphatic heterocycles. The number of aliphatic carboxylic acids is 1. The summed E-state index contributed by atoms with van der Waals surface area (Å²) in [5.41, 5.74) is 3.10. The molecule has 25 heavy (non-hydrogen) atoms. The molecule has 0 saturated heterocycles. The monoisotopic (exact) mass is 357 g/mol. The van der Waals surface area contributed by atoms with Crippen LogP contribution in [0.1, 0.15) is 11.1 Å². The van der Waals surface area contributed by atoms with Crippen molar-refractivity contribution in [2.75, 3.05) is 26.4 Å². The molecule has 0 bridgehead atoms. The van der Waals surface area contributed by atoms with Crippen molar-refractivity contribution in [2.24, 2.45) is 0 Å². The summed E-state index contributed by atoms with van der Waals surface area (Å²) < 4.78 is 6.05. The van der Waals surface area contributed by atoms with Crippen molar-refractivity contribution in [3.63, 3.8) is 0 Å². The van der Waals surface area contributed by atoms with E-state index in [1.54, 1.807) is 12.1 Å². The van der Waals surface area contributed by atoms with Gasteiger partial charge in [-0.15, -0.1) is 0 Å². The maximum absolute atomic E-state index is 10.9. The second kappa shape index (κ2) is 9.54. The Labute approximate surface area is 154 Å². The summed E-state index contributed by atoms with van der Waals surface area (Å²) in [6.07, 6.45) is -0.00164. The highest BCUT2D eigenvalue weighted by molar-refractivity contribution is 7.98. The number of carboxylic acid groups (broad SMARTS) is 1. The van der Waals surface area contributed by atoms with Gasteiger partial charge in [0.25, 0.3) is 0 Å². The molecule has 4 nitrogen and oxygen atoms in total. The van der Waals surface area contributed by atoms with E-state index in [9.17, 15) is 4.79 Å². The van der Waals surface area contributed by atoms with E-state index in [0.717, 1.165) is 34.9 Å². The van der Waals surface area contributed by atoms with E-state index in [0.29, 0.717) is 5.75 Å². The lowest BCUT2D eigenvalue weighted by atomic mass is 9.94. The van der Waals surface area contributed by atoms with Gasteiger partial charge in [-0.3, -0.25) is 4.79 Å². The zero-order chi connectivity index (χ0) is 18.2. The lowest BCUT2D eigenvalue weighted by Crippen LogP contribution is -2.15. The molecule has 0 fully saturated rings. The Morgan fingerprint density at radius 3 is 2.76 bits per heavy atom. The molecule has 0 saturated carbocycles. The highest BCUT2D eigenvalue weighted by Crippen LogP contribution is 2.28. The van der Waals surface area contributed by atoms with Crippen LogP contribution in [-0.2, 0) is 17.0 Å². The summed E-state index contributed by atoms with van der Waals surface area (Å²) in [5, 5.41) is 8.93. The predicted molar refractivity (Wildman–Crippen MR) is 107 cm³/mol. The number of carbonyl (C=O) groups is 1. The van der Waals surface area contributed by atoms with Gasteiger partial charge in [-0.2, -0.15) is 11.8 Å². The van der Waals surface area contributed by atoms with Crippen LogP contribution in [0.25, 0.3) is 0 Å². The molecule has 0 amide bonds. The second-order valence-electron chi connectivity index (χ2n) is 6.29. The zero-order valence-electron chi connectivity index (χ0n) is 15.0. The second-order valence-corrected chi connectivity index (χ2v) is 7.39. The number of nitrogens with zero attached hydrogens (tertiary/aromatic N) is 1. The topological polar surface area (TPSA) is 49.8 Å². The van der Waals surface area contributed by atoms with Crippen molar-refractivity contribution in [3.05, 3.63) is 53.6 Å². The Morgan fingerprint density at radius 1 is 1.24 bits per heavy atom. The molecule has 2 aromatic carbocycles. The van der Waals surface area contributed by atoms with E-state index >= 15 is 0 Å². The lowest BCUT2D eigenvalue weighted by molar-refractivity contribution is -0.136. The molecule has 6 heteroatoms. The van der Waals surface area contributed by atoms with Crippen molar-refractivity contribution >= 4 is 31.0 Å². The van der Waals surface area contributed by atoms with Crippen LogP contribution in [0.15, 0.2) is 42.5 Å². The Kier molecular flexibility index (Phi) is 7.41. The van der Waals surface area contributed by atoms with Crippen LogP contribution in [0.5, 0.6) is 11.5 Å². The first-order valence-corrected chi connectivity index (χ1v) is 9.40. The van der Waals surface area contributed by atoms with Gasteiger partial charge >= 0.3 is 5.97 Å². The SMILES string of the molecule is Bc1ccc(Oc2cccc(CC(=O)O)c2)c(CSCCN(C)C)c1. The van der Waals surface area contributed by atoms with Crippen LogP contribution in [0.2, 0.25) is 0 Å². The highest BCUT2D eigenvalue weighted by Gasteiger charge is 2.08. The summed E-state index contributed by atoms with van der Waals surface area (Å²) in [5.74, 6) is 2.61. The molecule has 0 aliphatic carbocycles. The molecule has 0 atom stereocenters. The van der Waals surface area contributed by atoms with Crippen molar-refractivity contribution in [2.45, 2.75) is 12.2 Å². The number of ether oxygens (including phenoxy) is 1. The average Bonchev–Trinajstić information content (AvgIpc) is 2.53. The normalized spacial score (nSPS) is 10.8. The molecule has 2 aromatic rings. The van der Waals surface area contributed by atoms with Gasteiger partial charge in [0.05, 0.1) is 6.42 Å². The summed E-state index contributed by atoms with van der Waals surface area (Å²) in [4.78, 5) is 13.1. The van der Waals surface area contributed by atoms with E-state index in [4.69, 9.17) is 9.84 Å². The third-order valence-electron chi connectivity index (χ3n) is 3.64. The first-order chi connectivity index (χ1) is 11.9. The van der Waals surface area contributed by atoms with E-state index in [-0.39, 0.29) is 6.42 Å². The van der Waals surface area contributed by atoms with Gasteiger partial charge in [0.2, 0.25) is 0 Å². The first-order valence-electron chi connectivity index (χ1n) is 8.24. The third-order valence-corrected chi connectivity index (χ3v) is 4.62. The summed E-state index contributed by atoms with van der Waals surface area (Å²) in [7, 11) is 6.23. The van der Waals surface area contributed by atoms with Gasteiger partial charge in [-0.1, -0.05) is 29.7 Å². The maximum Gasteiger partial charge on any atom is 0.307 e. The first kappa shape index (κ1) is 19.4. The van der Waals surface area contributed by atoms with Gasteiger partial charge in [0.15, 0.2) is 0 Å². The van der Waals surface area contributed by atoms with Crippen LogP contribution >= 0.6 is 11.8 Å². The molecular formula is C19H24BNO3S. The molecule has 1 N–H and O–H groups in total. The fourth-order valence-electron chi connectivity index (χ4n) is 2.37. The van der Waals surface area contributed by atoms with Gasteiger partial charge in [0, 0.05) is 23.6 Å². The highest BCUT2D eigenvalue weighted by atomic mass is 32.2. The lowest BCUT2D eigenvalue weighted by Gasteiger charge is -2.14. The van der Waals surface area contributed by atoms with Gasteiger partial charge < -0.3 is 14.7 Å². The minimum atomic E-state index is -0.842. The molecule has 0 unspecified atom stereocenters. The number of benzene rings is 2. The number of carboxylic acids is 1. The quantitative estimate of drug-likeness (QED) is 0.551. The van der Waals surface area contributed by atoms with E-state index in [1.165, 1.54) is 5.46 Å². The Balaban J connectivity index is 2.09. The van der Waals surface area contributed by atoms with E-state index < -0.39 is 5.97 Å². The third kappa shape index (κ3) is 6.84. The van der Waals surface area contributed by atoms with Crippen molar-refractivity contribution in [1.29, 1.82) is 0 Å². The summed E-state index contributed by atoms with van der Waals surface area (Å²) >= 11 is 1.88. The Bertz CT molecular complexity index is 722. The van der Waals surface area contributed by atoms with E-state index in [1.807, 2.05) is 36.0 Å².